The molecule has 0 aliphatic heterocycles. The van der Waals surface area contributed by atoms with Crippen molar-refractivity contribution in [3.63, 3.8) is 0 Å². The van der Waals surface area contributed by atoms with Crippen molar-refractivity contribution < 1.29 is 18.7 Å². The van der Waals surface area contributed by atoms with Crippen LogP contribution >= 0.6 is 11.3 Å². The number of carboxylic acid groups (broad SMARTS) is 1. The average molecular weight is 207 g/mol. The minimum absolute atomic E-state index is 0.160. The molecule has 0 aliphatic carbocycles. The first-order valence-corrected chi connectivity index (χ1v) is 4.24. The number of alkyl halides is 2. The van der Waals surface area contributed by atoms with Crippen LogP contribution in [-0.2, 0) is 4.79 Å². The van der Waals surface area contributed by atoms with Crippen LogP contribution in [0.15, 0.2) is 17.5 Å². The van der Waals surface area contributed by atoms with Gasteiger partial charge in [0.15, 0.2) is 0 Å². The Morgan fingerprint density at radius 2 is 2.31 bits per heavy atom. The lowest BCUT2D eigenvalue weighted by Crippen LogP contribution is -2.39. The van der Waals surface area contributed by atoms with Crippen LogP contribution < -0.4 is 5.73 Å². The van der Waals surface area contributed by atoms with E-state index in [1.165, 1.54) is 12.1 Å². The van der Waals surface area contributed by atoms with Crippen LogP contribution in [0, 0.1) is 0 Å². The second-order valence-electron chi connectivity index (χ2n) is 2.42. The van der Waals surface area contributed by atoms with Crippen molar-refractivity contribution in [2.75, 3.05) is 0 Å². The minimum atomic E-state index is -3.91. The van der Waals surface area contributed by atoms with Crippen LogP contribution in [0.5, 0.6) is 0 Å². The Kier molecular flexibility index (Phi) is 2.63. The number of hydrogen-bond acceptors (Lipinski definition) is 3. The third kappa shape index (κ3) is 1.84. The monoisotopic (exact) mass is 207 g/mol. The van der Waals surface area contributed by atoms with Gasteiger partial charge in [-0.15, -0.1) is 11.3 Å². The van der Waals surface area contributed by atoms with E-state index in [9.17, 15) is 13.6 Å². The highest BCUT2D eigenvalue weighted by atomic mass is 32.1. The summed E-state index contributed by atoms with van der Waals surface area (Å²) < 4.78 is 25.6. The number of aliphatic carboxylic acids is 1. The molecule has 0 amide bonds. The average Bonchev–Trinajstić information content (AvgIpc) is 2.54. The molecule has 6 heteroatoms. The Morgan fingerprint density at radius 3 is 2.69 bits per heavy atom. The fourth-order valence-corrected chi connectivity index (χ4v) is 1.55. The Morgan fingerprint density at radius 1 is 1.69 bits per heavy atom. The van der Waals surface area contributed by atoms with Gasteiger partial charge in [-0.05, 0) is 11.4 Å². The molecule has 0 fully saturated rings. The first-order valence-electron chi connectivity index (χ1n) is 3.36. The predicted molar refractivity (Wildman–Crippen MR) is 43.8 cm³/mol. The number of nitrogens with two attached hydrogens (primary N) is 1. The largest absolute Gasteiger partial charge is 0.477 e. The van der Waals surface area contributed by atoms with Crippen LogP contribution in [-0.4, -0.2) is 17.0 Å². The van der Waals surface area contributed by atoms with E-state index in [0.717, 1.165) is 11.3 Å². The Balaban J connectivity index is 2.90. The zero-order valence-electron chi connectivity index (χ0n) is 6.41. The van der Waals surface area contributed by atoms with E-state index in [-0.39, 0.29) is 4.88 Å². The fraction of sp³-hybridized carbons (Fsp3) is 0.286. The summed E-state index contributed by atoms with van der Waals surface area (Å²) in [5, 5.41) is 9.75. The molecule has 0 saturated carbocycles. The second-order valence-corrected chi connectivity index (χ2v) is 3.40. The first-order chi connectivity index (χ1) is 5.96. The Labute approximate surface area is 76.8 Å². The molecule has 13 heavy (non-hydrogen) atoms. The van der Waals surface area contributed by atoms with Gasteiger partial charge in [-0.2, -0.15) is 8.78 Å². The highest BCUT2D eigenvalue weighted by molar-refractivity contribution is 7.10. The summed E-state index contributed by atoms with van der Waals surface area (Å²) in [7, 11) is 0. The molecule has 72 valence electrons. The summed E-state index contributed by atoms with van der Waals surface area (Å²) >= 11 is 1.01. The van der Waals surface area contributed by atoms with Crippen molar-refractivity contribution in [1.29, 1.82) is 0 Å². The van der Waals surface area contributed by atoms with E-state index in [0.29, 0.717) is 0 Å². The van der Waals surface area contributed by atoms with Crippen molar-refractivity contribution >= 4 is 17.3 Å². The topological polar surface area (TPSA) is 63.3 Å². The summed E-state index contributed by atoms with van der Waals surface area (Å²) in [6, 6.07) is 1.15. The van der Waals surface area contributed by atoms with Gasteiger partial charge >= 0.3 is 11.9 Å². The lowest BCUT2D eigenvalue weighted by atomic mass is 10.1. The maximum absolute atomic E-state index is 12.8. The molecule has 0 saturated heterocycles. The number of carboxylic acids is 1. The molecule has 0 unspecified atom stereocenters. The molecule has 0 bridgehead atoms. The molecule has 0 spiro atoms. The van der Waals surface area contributed by atoms with Crippen LogP contribution in [0.4, 0.5) is 8.78 Å². The number of hydrogen-bond donors (Lipinski definition) is 2. The third-order valence-corrected chi connectivity index (χ3v) is 2.48. The van der Waals surface area contributed by atoms with Gasteiger partial charge in [0, 0.05) is 4.88 Å². The van der Waals surface area contributed by atoms with E-state index in [2.05, 4.69) is 0 Å². The highest BCUT2D eigenvalue weighted by Gasteiger charge is 2.46. The number of halogens is 2. The standard InChI is InChI=1S/C7H7F2NO2S/c8-7(9,6(11)12)5(10)4-2-1-3-13-4/h1-3,5H,10H2,(H,11,12)/t5-/m1/s1. The molecule has 1 heterocycles. The van der Waals surface area contributed by atoms with Gasteiger partial charge in [0.05, 0.1) is 0 Å². The molecule has 0 aliphatic rings. The fourth-order valence-electron chi connectivity index (χ4n) is 0.780. The maximum atomic E-state index is 12.8. The normalized spacial score (nSPS) is 14.1. The summed E-state index contributed by atoms with van der Waals surface area (Å²) in [4.78, 5) is 10.3. The molecule has 0 radical (unpaired) electrons. The van der Waals surface area contributed by atoms with Gasteiger partial charge in [-0.3, -0.25) is 0 Å². The second kappa shape index (κ2) is 3.39. The van der Waals surface area contributed by atoms with Crippen molar-refractivity contribution in [3.8, 4) is 0 Å². The van der Waals surface area contributed by atoms with Crippen LogP contribution in [0.25, 0.3) is 0 Å². The van der Waals surface area contributed by atoms with Gasteiger partial charge in [0.25, 0.3) is 0 Å². The minimum Gasteiger partial charge on any atom is -0.477 e. The van der Waals surface area contributed by atoms with E-state index < -0.39 is 17.9 Å². The quantitative estimate of drug-likeness (QED) is 0.788. The lowest BCUT2D eigenvalue weighted by molar-refractivity contribution is -0.168. The number of thiophene rings is 1. The highest BCUT2D eigenvalue weighted by Crippen LogP contribution is 2.31. The predicted octanol–water partition coefficient (Wildman–Crippen LogP) is 1.47. The van der Waals surface area contributed by atoms with Crippen LogP contribution in [0.2, 0.25) is 0 Å². The van der Waals surface area contributed by atoms with E-state index in [1.807, 2.05) is 0 Å². The summed E-state index contributed by atoms with van der Waals surface area (Å²) in [5.74, 6) is -6.11. The zero-order chi connectivity index (χ0) is 10.1. The smallest absolute Gasteiger partial charge is 0.376 e. The van der Waals surface area contributed by atoms with Gasteiger partial charge in [-0.25, -0.2) is 4.79 Å². The molecule has 1 rings (SSSR count). The molecule has 1 aromatic heterocycles. The Hall–Kier alpha value is -1.01. The van der Waals surface area contributed by atoms with Crippen molar-refractivity contribution in [1.82, 2.24) is 0 Å². The molecule has 1 atom stereocenters. The maximum Gasteiger partial charge on any atom is 0.376 e. The first kappa shape index (κ1) is 10.1. The van der Waals surface area contributed by atoms with Gasteiger partial charge in [0.1, 0.15) is 6.04 Å². The van der Waals surface area contributed by atoms with E-state index in [4.69, 9.17) is 10.8 Å². The third-order valence-electron chi connectivity index (χ3n) is 1.53. The zero-order valence-corrected chi connectivity index (χ0v) is 7.22. The molecule has 0 aromatic carbocycles. The van der Waals surface area contributed by atoms with Crippen molar-refractivity contribution in [2.45, 2.75) is 12.0 Å². The lowest BCUT2D eigenvalue weighted by Gasteiger charge is -2.17. The van der Waals surface area contributed by atoms with Crippen LogP contribution in [0.3, 0.4) is 0 Å². The van der Waals surface area contributed by atoms with Gasteiger partial charge < -0.3 is 10.8 Å². The molecular weight excluding hydrogens is 200 g/mol. The van der Waals surface area contributed by atoms with Crippen molar-refractivity contribution in [3.05, 3.63) is 22.4 Å². The van der Waals surface area contributed by atoms with Gasteiger partial charge in [-0.1, -0.05) is 6.07 Å². The SMILES string of the molecule is N[C@H](c1cccs1)C(F)(F)C(=O)O. The molecule has 1 aromatic rings. The Bertz CT molecular complexity index is 299. The van der Waals surface area contributed by atoms with E-state index >= 15 is 0 Å². The molecular formula is C7H7F2NO2S. The van der Waals surface area contributed by atoms with Gasteiger partial charge in [0.2, 0.25) is 0 Å². The van der Waals surface area contributed by atoms with Crippen LogP contribution in [0.1, 0.15) is 10.9 Å². The summed E-state index contributed by atoms with van der Waals surface area (Å²) in [6.45, 7) is 0. The van der Waals surface area contributed by atoms with E-state index in [1.54, 1.807) is 5.38 Å². The van der Waals surface area contributed by atoms with Crippen molar-refractivity contribution in [2.24, 2.45) is 5.73 Å². The summed E-state index contributed by atoms with van der Waals surface area (Å²) in [5.41, 5.74) is 5.10. The molecule has 3 nitrogen and oxygen atoms in total. The molecule has 3 N–H and O–H groups in total. The number of rotatable bonds is 3. The summed E-state index contributed by atoms with van der Waals surface area (Å²) in [6.07, 6.45) is 0. The number of carbonyl (C=O) groups is 1.